The highest BCUT2D eigenvalue weighted by atomic mass is 15.0. The van der Waals surface area contributed by atoms with Gasteiger partial charge in [0.15, 0.2) is 0 Å². The second kappa shape index (κ2) is 13.5. The summed E-state index contributed by atoms with van der Waals surface area (Å²) in [4.78, 5) is 0. The van der Waals surface area contributed by atoms with Crippen molar-refractivity contribution in [3.63, 3.8) is 0 Å². The molecule has 0 aliphatic heterocycles. The molecule has 0 aliphatic carbocycles. The highest BCUT2D eigenvalue weighted by molar-refractivity contribution is 5.75. The zero-order chi connectivity index (χ0) is 26.0. The number of nitrogens with zero attached hydrogens (tertiary/aromatic N) is 1. The maximum atomic E-state index is 4.34. The van der Waals surface area contributed by atoms with E-state index in [-0.39, 0.29) is 5.92 Å². The molecule has 1 heteroatoms. The first kappa shape index (κ1) is 27.9. The molecule has 0 N–H and O–H groups in total. The average molecular weight is 466 g/mol. The number of allylic oxidation sites excluding steroid dienone is 10. The Morgan fingerprint density at radius 1 is 0.971 bits per heavy atom. The fourth-order valence-electron chi connectivity index (χ4n) is 4.30. The van der Waals surface area contributed by atoms with Gasteiger partial charge in [-0.3, -0.25) is 0 Å². The maximum absolute atomic E-state index is 4.34. The van der Waals surface area contributed by atoms with Crippen LogP contribution in [0.1, 0.15) is 74.5 Å². The van der Waals surface area contributed by atoms with E-state index < -0.39 is 0 Å². The van der Waals surface area contributed by atoms with Crippen molar-refractivity contribution in [3.8, 4) is 5.69 Å². The van der Waals surface area contributed by atoms with E-state index in [2.05, 4.69) is 126 Å². The number of hydrogen-bond acceptors (Lipinski definition) is 0. The molecule has 1 aromatic heterocycles. The quantitative estimate of drug-likeness (QED) is 0.217. The number of rotatable bonds is 12. The fraction of sp³-hybridized carbons (Fsp3) is 0.294. The lowest BCUT2D eigenvalue weighted by atomic mass is 9.95. The summed E-state index contributed by atoms with van der Waals surface area (Å²) in [5.41, 5.74) is 9.29. The van der Waals surface area contributed by atoms with E-state index in [0.29, 0.717) is 5.92 Å². The van der Waals surface area contributed by atoms with Crippen LogP contribution in [0.5, 0.6) is 0 Å². The van der Waals surface area contributed by atoms with Gasteiger partial charge in [0.05, 0.1) is 0 Å². The first-order valence-electron chi connectivity index (χ1n) is 12.7. The zero-order valence-corrected chi connectivity index (χ0v) is 22.6. The molecule has 0 saturated carbocycles. The second-order valence-corrected chi connectivity index (χ2v) is 9.36. The molecule has 2 rings (SSSR count). The molecule has 2 unspecified atom stereocenters. The normalized spacial score (nSPS) is 13.9. The van der Waals surface area contributed by atoms with Gasteiger partial charge in [-0.2, -0.15) is 0 Å². The van der Waals surface area contributed by atoms with Gasteiger partial charge in [-0.25, -0.2) is 0 Å². The summed E-state index contributed by atoms with van der Waals surface area (Å²) in [7, 11) is 0. The number of aryl methyl sites for hydroxylation is 2. The van der Waals surface area contributed by atoms with Crippen molar-refractivity contribution in [1.82, 2.24) is 4.57 Å². The number of hydrogen-bond donors (Lipinski definition) is 0. The molecule has 0 spiro atoms. The summed E-state index contributed by atoms with van der Waals surface area (Å²) >= 11 is 0. The van der Waals surface area contributed by atoms with Crippen LogP contribution in [0, 0.1) is 19.8 Å². The predicted molar refractivity (Wildman–Crippen MR) is 158 cm³/mol. The topological polar surface area (TPSA) is 4.93 Å². The zero-order valence-electron chi connectivity index (χ0n) is 22.6. The Balaban J connectivity index is 2.33. The van der Waals surface area contributed by atoms with E-state index in [1.54, 1.807) is 0 Å². The largest absolute Gasteiger partial charge is 0.313 e. The monoisotopic (exact) mass is 465 g/mol. The lowest BCUT2D eigenvalue weighted by molar-refractivity contribution is 0.636. The summed E-state index contributed by atoms with van der Waals surface area (Å²) in [5, 5.41) is 0. The Morgan fingerprint density at radius 2 is 1.71 bits per heavy atom. The van der Waals surface area contributed by atoms with Crippen molar-refractivity contribution in [2.75, 3.05) is 0 Å². The highest BCUT2D eigenvalue weighted by Gasteiger charge is 2.16. The van der Waals surface area contributed by atoms with E-state index in [0.717, 1.165) is 40.9 Å². The molecule has 35 heavy (non-hydrogen) atoms. The van der Waals surface area contributed by atoms with E-state index in [1.807, 2.05) is 19.1 Å². The van der Waals surface area contributed by atoms with Crippen LogP contribution in [-0.2, 0) is 0 Å². The van der Waals surface area contributed by atoms with Crippen LogP contribution in [0.2, 0.25) is 0 Å². The molecule has 1 heterocycles. The lowest BCUT2D eigenvalue weighted by Crippen LogP contribution is -2.05. The van der Waals surface area contributed by atoms with Crippen molar-refractivity contribution in [1.29, 1.82) is 0 Å². The van der Waals surface area contributed by atoms with Crippen molar-refractivity contribution in [2.24, 2.45) is 5.92 Å². The van der Waals surface area contributed by atoms with Crippen LogP contribution in [0.25, 0.3) is 17.3 Å². The van der Waals surface area contributed by atoms with Crippen molar-refractivity contribution in [3.05, 3.63) is 126 Å². The molecule has 0 radical (unpaired) electrons. The van der Waals surface area contributed by atoms with Gasteiger partial charge in [-0.15, -0.1) is 0 Å². The van der Waals surface area contributed by atoms with Crippen LogP contribution >= 0.6 is 0 Å². The standard InChI is InChI=1S/C34H43N/c1-10-13-15-17-25(4)26(5)19-20-27(6)32-22-21-31(23-29(32)8)35-33(12-3)30(9)24-34(35)28(7)18-16-14-11-2/h10-14,16,18-25,28H,3,5-6,15,17H2,1-2,4,7-9H3/b13-10-,14-11-,18-16-,20-19-. The summed E-state index contributed by atoms with van der Waals surface area (Å²) in [6.07, 6.45) is 21.2. The second-order valence-electron chi connectivity index (χ2n) is 9.36. The molecule has 0 amide bonds. The minimum Gasteiger partial charge on any atom is -0.313 e. The molecule has 0 aliphatic rings. The molecule has 1 aromatic carbocycles. The van der Waals surface area contributed by atoms with Gasteiger partial charge >= 0.3 is 0 Å². The van der Waals surface area contributed by atoms with Gasteiger partial charge in [0.1, 0.15) is 0 Å². The predicted octanol–water partition coefficient (Wildman–Crippen LogP) is 10.1. The molecular weight excluding hydrogens is 422 g/mol. The Bertz CT molecular complexity index is 1160. The van der Waals surface area contributed by atoms with Crippen molar-refractivity contribution < 1.29 is 0 Å². The van der Waals surface area contributed by atoms with Crippen LogP contribution in [0.15, 0.2) is 98.2 Å². The Hall–Kier alpha value is -3.32. The van der Waals surface area contributed by atoms with Gasteiger partial charge in [0.25, 0.3) is 0 Å². The van der Waals surface area contributed by atoms with Gasteiger partial charge in [0, 0.05) is 23.0 Å². The Kier molecular flexibility index (Phi) is 10.8. The fourth-order valence-corrected chi connectivity index (χ4v) is 4.30. The Labute approximate surface area is 214 Å². The van der Waals surface area contributed by atoms with Gasteiger partial charge < -0.3 is 4.57 Å². The molecule has 1 nitrogen and oxygen atoms in total. The number of aromatic nitrogens is 1. The molecular formula is C34H43N. The van der Waals surface area contributed by atoms with Crippen molar-refractivity contribution in [2.45, 2.75) is 60.3 Å². The number of benzene rings is 1. The van der Waals surface area contributed by atoms with E-state index in [1.165, 1.54) is 16.8 Å². The van der Waals surface area contributed by atoms with E-state index >= 15 is 0 Å². The van der Waals surface area contributed by atoms with Gasteiger partial charge in [0.2, 0.25) is 0 Å². The average Bonchev–Trinajstić information content (AvgIpc) is 3.18. The summed E-state index contributed by atoms with van der Waals surface area (Å²) in [6.45, 7) is 25.6. The van der Waals surface area contributed by atoms with Gasteiger partial charge in [-0.1, -0.05) is 93.8 Å². The summed E-state index contributed by atoms with van der Waals surface area (Å²) in [6, 6.07) is 8.90. The van der Waals surface area contributed by atoms with E-state index in [4.69, 9.17) is 0 Å². The summed E-state index contributed by atoms with van der Waals surface area (Å²) in [5.74, 6) is 0.729. The molecule has 0 bridgehead atoms. The molecule has 2 aromatic rings. The molecule has 0 saturated heterocycles. The minimum absolute atomic E-state index is 0.275. The molecule has 0 fully saturated rings. The van der Waals surface area contributed by atoms with Crippen LogP contribution in [0.3, 0.4) is 0 Å². The first-order valence-corrected chi connectivity index (χ1v) is 12.7. The maximum Gasteiger partial charge on any atom is 0.0482 e. The third kappa shape index (κ3) is 7.33. The van der Waals surface area contributed by atoms with Crippen LogP contribution in [0.4, 0.5) is 0 Å². The SMILES string of the molecule is C=Cc1c(C)cc(C(C)/C=C\C=C/C)n1-c1ccc(C(=C)/C=C\C(=C)C(C)CC/C=C\C)c(C)c1. The van der Waals surface area contributed by atoms with Crippen molar-refractivity contribution >= 4 is 11.6 Å². The third-order valence-corrected chi connectivity index (χ3v) is 6.58. The summed E-state index contributed by atoms with van der Waals surface area (Å²) < 4.78 is 2.33. The van der Waals surface area contributed by atoms with Crippen LogP contribution < -0.4 is 0 Å². The van der Waals surface area contributed by atoms with Gasteiger partial charge in [-0.05, 0) is 93.0 Å². The smallest absolute Gasteiger partial charge is 0.0482 e. The van der Waals surface area contributed by atoms with Crippen LogP contribution in [-0.4, -0.2) is 4.57 Å². The Morgan fingerprint density at radius 3 is 2.34 bits per heavy atom. The third-order valence-electron chi connectivity index (χ3n) is 6.58. The van der Waals surface area contributed by atoms with E-state index in [9.17, 15) is 0 Å². The minimum atomic E-state index is 0.275. The molecule has 184 valence electrons. The molecule has 2 atom stereocenters. The highest BCUT2D eigenvalue weighted by Crippen LogP contribution is 2.31. The lowest BCUT2D eigenvalue weighted by Gasteiger charge is -2.17. The first-order chi connectivity index (χ1) is 16.7.